The third-order valence-electron chi connectivity index (χ3n) is 2.95. The van der Waals surface area contributed by atoms with E-state index in [1.807, 2.05) is 54.6 Å². The summed E-state index contributed by atoms with van der Waals surface area (Å²) in [6.45, 7) is 1.73. The van der Waals surface area contributed by atoms with Crippen molar-refractivity contribution in [3.8, 4) is 0 Å². The number of amides is 1. The lowest BCUT2D eigenvalue weighted by Gasteiger charge is -2.21. The SMILES string of the molecule is CC(Cl)(Cc1ccc(Br)cc1)C(=O)Nc1ccccc1. The first-order chi connectivity index (χ1) is 9.47. The van der Waals surface area contributed by atoms with Gasteiger partial charge in [0.05, 0.1) is 0 Å². The summed E-state index contributed by atoms with van der Waals surface area (Å²) in [5.74, 6) is -0.201. The fourth-order valence-corrected chi connectivity index (χ4v) is 2.31. The smallest absolute Gasteiger partial charge is 0.245 e. The van der Waals surface area contributed by atoms with Crippen LogP contribution in [-0.2, 0) is 11.2 Å². The van der Waals surface area contributed by atoms with E-state index in [9.17, 15) is 4.79 Å². The number of benzene rings is 2. The van der Waals surface area contributed by atoms with Gasteiger partial charge in [-0.15, -0.1) is 11.6 Å². The molecule has 1 unspecified atom stereocenters. The van der Waals surface area contributed by atoms with Crippen molar-refractivity contribution in [2.45, 2.75) is 18.2 Å². The third kappa shape index (κ3) is 4.09. The molecular weight excluding hydrogens is 338 g/mol. The van der Waals surface area contributed by atoms with E-state index in [2.05, 4.69) is 21.2 Å². The predicted molar refractivity (Wildman–Crippen MR) is 87.2 cm³/mol. The second-order valence-corrected chi connectivity index (χ2v) is 6.57. The molecule has 0 saturated heterocycles. The zero-order valence-corrected chi connectivity index (χ0v) is 13.4. The highest BCUT2D eigenvalue weighted by atomic mass is 79.9. The molecule has 4 heteroatoms. The highest BCUT2D eigenvalue weighted by Gasteiger charge is 2.30. The Balaban J connectivity index is 2.05. The number of halogens is 2. The lowest BCUT2D eigenvalue weighted by atomic mass is 9.99. The maximum atomic E-state index is 12.3. The Morgan fingerprint density at radius 2 is 1.75 bits per heavy atom. The molecule has 2 aromatic rings. The molecule has 2 nitrogen and oxygen atoms in total. The second kappa shape index (κ2) is 6.42. The molecule has 0 aliphatic carbocycles. The van der Waals surface area contributed by atoms with E-state index in [1.165, 1.54) is 0 Å². The molecule has 2 aromatic carbocycles. The molecule has 0 saturated carbocycles. The molecule has 0 aliphatic heterocycles. The zero-order valence-electron chi connectivity index (χ0n) is 11.1. The van der Waals surface area contributed by atoms with Gasteiger partial charge in [0.15, 0.2) is 0 Å². The van der Waals surface area contributed by atoms with Crippen LogP contribution in [0.2, 0.25) is 0 Å². The van der Waals surface area contributed by atoms with Crippen molar-refractivity contribution < 1.29 is 4.79 Å². The first-order valence-corrected chi connectivity index (χ1v) is 7.44. The first-order valence-electron chi connectivity index (χ1n) is 6.27. The maximum absolute atomic E-state index is 12.3. The number of anilines is 1. The summed E-state index contributed by atoms with van der Waals surface area (Å²) in [4.78, 5) is 11.3. The van der Waals surface area contributed by atoms with E-state index in [-0.39, 0.29) is 5.91 Å². The average molecular weight is 353 g/mol. The van der Waals surface area contributed by atoms with Crippen LogP contribution in [-0.4, -0.2) is 10.8 Å². The minimum Gasteiger partial charge on any atom is -0.325 e. The van der Waals surface area contributed by atoms with Gasteiger partial charge >= 0.3 is 0 Å². The topological polar surface area (TPSA) is 29.1 Å². The van der Waals surface area contributed by atoms with Crippen LogP contribution in [0.5, 0.6) is 0 Å². The minimum atomic E-state index is -0.982. The molecule has 0 aliphatic rings. The Hall–Kier alpha value is -1.32. The number of rotatable bonds is 4. The molecule has 0 radical (unpaired) electrons. The number of hydrogen-bond donors (Lipinski definition) is 1. The van der Waals surface area contributed by atoms with Crippen molar-refractivity contribution in [1.82, 2.24) is 0 Å². The van der Waals surface area contributed by atoms with Crippen LogP contribution < -0.4 is 5.32 Å². The summed E-state index contributed by atoms with van der Waals surface area (Å²) in [5, 5.41) is 2.83. The van der Waals surface area contributed by atoms with Gasteiger partial charge in [-0.3, -0.25) is 4.79 Å². The molecule has 2 rings (SSSR count). The van der Waals surface area contributed by atoms with Crippen molar-refractivity contribution in [3.63, 3.8) is 0 Å². The molecule has 0 fully saturated rings. The Bertz CT molecular complexity index is 581. The maximum Gasteiger partial charge on any atom is 0.245 e. The van der Waals surface area contributed by atoms with Gasteiger partial charge in [0.2, 0.25) is 5.91 Å². The largest absolute Gasteiger partial charge is 0.325 e. The zero-order chi connectivity index (χ0) is 14.6. The average Bonchev–Trinajstić information content (AvgIpc) is 2.42. The van der Waals surface area contributed by atoms with Gasteiger partial charge in [0.25, 0.3) is 0 Å². The summed E-state index contributed by atoms with van der Waals surface area (Å²) >= 11 is 9.77. The fourth-order valence-electron chi connectivity index (χ4n) is 1.85. The van der Waals surface area contributed by atoms with Gasteiger partial charge in [-0.05, 0) is 36.8 Å². The molecule has 20 heavy (non-hydrogen) atoms. The number of carbonyl (C=O) groups excluding carboxylic acids is 1. The fraction of sp³-hybridized carbons (Fsp3) is 0.188. The van der Waals surface area contributed by atoms with Crippen molar-refractivity contribution in [2.24, 2.45) is 0 Å². The van der Waals surface area contributed by atoms with Crippen molar-refractivity contribution >= 4 is 39.1 Å². The second-order valence-electron chi connectivity index (χ2n) is 4.82. The van der Waals surface area contributed by atoms with Crippen LogP contribution in [0.3, 0.4) is 0 Å². The van der Waals surface area contributed by atoms with Gasteiger partial charge in [0, 0.05) is 16.6 Å². The van der Waals surface area contributed by atoms with Crippen LogP contribution in [0.15, 0.2) is 59.1 Å². The van der Waals surface area contributed by atoms with E-state index in [0.29, 0.717) is 6.42 Å². The predicted octanol–water partition coefficient (Wildman–Crippen LogP) is 4.63. The molecular formula is C16H15BrClNO. The highest BCUT2D eigenvalue weighted by Crippen LogP contribution is 2.24. The lowest BCUT2D eigenvalue weighted by molar-refractivity contribution is -0.118. The lowest BCUT2D eigenvalue weighted by Crippen LogP contribution is -2.36. The molecule has 0 spiro atoms. The summed E-state index contributed by atoms with van der Waals surface area (Å²) in [6, 6.07) is 17.1. The number of nitrogens with one attached hydrogen (secondary N) is 1. The van der Waals surface area contributed by atoms with Crippen LogP contribution in [0.1, 0.15) is 12.5 Å². The van der Waals surface area contributed by atoms with Gasteiger partial charge in [-0.25, -0.2) is 0 Å². The first kappa shape index (κ1) is 15.1. The molecule has 104 valence electrons. The van der Waals surface area contributed by atoms with Gasteiger partial charge in [-0.2, -0.15) is 0 Å². The Labute approximate surface area is 132 Å². The Kier molecular flexibility index (Phi) is 4.84. The highest BCUT2D eigenvalue weighted by molar-refractivity contribution is 9.10. The van der Waals surface area contributed by atoms with E-state index in [0.717, 1.165) is 15.7 Å². The van der Waals surface area contributed by atoms with E-state index < -0.39 is 4.87 Å². The number of carbonyl (C=O) groups is 1. The van der Waals surface area contributed by atoms with Crippen LogP contribution >= 0.6 is 27.5 Å². The van der Waals surface area contributed by atoms with Crippen molar-refractivity contribution in [3.05, 3.63) is 64.6 Å². The quantitative estimate of drug-likeness (QED) is 0.799. The molecule has 1 atom stereocenters. The van der Waals surface area contributed by atoms with E-state index in [4.69, 9.17) is 11.6 Å². The molecule has 1 amide bonds. The summed E-state index contributed by atoms with van der Waals surface area (Å²) in [7, 11) is 0. The molecule has 0 heterocycles. The minimum absolute atomic E-state index is 0.201. The molecule has 0 bridgehead atoms. The normalized spacial score (nSPS) is 13.6. The third-order valence-corrected chi connectivity index (χ3v) is 3.79. The van der Waals surface area contributed by atoms with Crippen LogP contribution in [0.4, 0.5) is 5.69 Å². The van der Waals surface area contributed by atoms with Gasteiger partial charge in [-0.1, -0.05) is 46.3 Å². The Morgan fingerprint density at radius 1 is 1.15 bits per heavy atom. The van der Waals surface area contributed by atoms with Crippen molar-refractivity contribution in [2.75, 3.05) is 5.32 Å². The monoisotopic (exact) mass is 351 g/mol. The summed E-state index contributed by atoms with van der Waals surface area (Å²) in [6.07, 6.45) is 0.473. The van der Waals surface area contributed by atoms with Gasteiger partial charge in [0.1, 0.15) is 4.87 Å². The molecule has 0 aromatic heterocycles. The Morgan fingerprint density at radius 3 is 2.35 bits per heavy atom. The summed E-state index contributed by atoms with van der Waals surface area (Å²) in [5.41, 5.74) is 1.77. The number of hydrogen-bond acceptors (Lipinski definition) is 1. The number of alkyl halides is 1. The van der Waals surface area contributed by atoms with E-state index in [1.54, 1.807) is 6.92 Å². The number of para-hydroxylation sites is 1. The van der Waals surface area contributed by atoms with Crippen LogP contribution in [0.25, 0.3) is 0 Å². The summed E-state index contributed by atoms with van der Waals surface area (Å²) < 4.78 is 1.01. The van der Waals surface area contributed by atoms with E-state index >= 15 is 0 Å². The molecule has 1 N–H and O–H groups in total. The van der Waals surface area contributed by atoms with Crippen LogP contribution in [0, 0.1) is 0 Å². The van der Waals surface area contributed by atoms with Gasteiger partial charge < -0.3 is 5.32 Å². The standard InChI is InChI=1S/C16H15BrClNO/c1-16(18,11-12-7-9-13(17)10-8-12)15(20)19-14-5-3-2-4-6-14/h2-10H,11H2,1H3,(H,19,20). The van der Waals surface area contributed by atoms with Crippen molar-refractivity contribution in [1.29, 1.82) is 0 Å².